The standard InChI is InChI=1S/C15H15NO3S2/c1-3-19-15(18)11-8-9-21-14(11)16-13(17)10-6-4-5-7-12(10)20-2/h4-9H,3H2,1-2H3,(H,16,17). The maximum atomic E-state index is 12.4. The summed E-state index contributed by atoms with van der Waals surface area (Å²) in [6, 6.07) is 9.00. The van der Waals surface area contributed by atoms with Crippen LogP contribution in [-0.2, 0) is 4.74 Å². The van der Waals surface area contributed by atoms with E-state index in [1.165, 1.54) is 23.1 Å². The van der Waals surface area contributed by atoms with E-state index in [0.29, 0.717) is 22.7 Å². The first-order valence-corrected chi connectivity index (χ1v) is 8.46. The molecule has 0 saturated carbocycles. The zero-order valence-corrected chi connectivity index (χ0v) is 13.3. The van der Waals surface area contributed by atoms with Gasteiger partial charge < -0.3 is 10.1 Å². The number of rotatable bonds is 5. The third kappa shape index (κ3) is 3.65. The Labute approximate surface area is 131 Å². The molecule has 0 aliphatic heterocycles. The summed E-state index contributed by atoms with van der Waals surface area (Å²) in [6.07, 6.45) is 1.92. The summed E-state index contributed by atoms with van der Waals surface area (Å²) in [5.74, 6) is -0.653. The number of hydrogen-bond donors (Lipinski definition) is 1. The van der Waals surface area contributed by atoms with Crippen molar-refractivity contribution in [3.63, 3.8) is 0 Å². The summed E-state index contributed by atoms with van der Waals surface area (Å²) in [5, 5.41) is 5.05. The van der Waals surface area contributed by atoms with E-state index in [1.807, 2.05) is 24.5 Å². The van der Waals surface area contributed by atoms with Crippen LogP contribution in [-0.4, -0.2) is 24.7 Å². The van der Waals surface area contributed by atoms with Gasteiger partial charge in [0.25, 0.3) is 5.91 Å². The molecular formula is C15H15NO3S2. The van der Waals surface area contributed by atoms with E-state index < -0.39 is 5.97 Å². The molecule has 1 N–H and O–H groups in total. The van der Waals surface area contributed by atoms with E-state index in [9.17, 15) is 9.59 Å². The quantitative estimate of drug-likeness (QED) is 0.670. The first kappa shape index (κ1) is 15.6. The van der Waals surface area contributed by atoms with Crippen LogP contribution in [0.3, 0.4) is 0 Å². The van der Waals surface area contributed by atoms with Crippen LogP contribution < -0.4 is 5.32 Å². The van der Waals surface area contributed by atoms with Crippen LogP contribution in [0.1, 0.15) is 27.6 Å². The van der Waals surface area contributed by atoms with Gasteiger partial charge in [-0.15, -0.1) is 23.1 Å². The molecule has 2 rings (SSSR count). The zero-order chi connectivity index (χ0) is 15.2. The molecular weight excluding hydrogens is 306 g/mol. The second-order valence-electron chi connectivity index (χ2n) is 4.04. The van der Waals surface area contributed by atoms with Gasteiger partial charge in [0.2, 0.25) is 0 Å². The lowest BCUT2D eigenvalue weighted by molar-refractivity contribution is 0.0528. The lowest BCUT2D eigenvalue weighted by Crippen LogP contribution is -2.15. The number of nitrogens with one attached hydrogen (secondary N) is 1. The summed E-state index contributed by atoms with van der Waals surface area (Å²) in [4.78, 5) is 25.0. The largest absolute Gasteiger partial charge is 0.462 e. The van der Waals surface area contributed by atoms with Gasteiger partial charge in [-0.05, 0) is 36.8 Å². The minimum atomic E-state index is -0.424. The monoisotopic (exact) mass is 321 g/mol. The highest BCUT2D eigenvalue weighted by atomic mass is 32.2. The maximum Gasteiger partial charge on any atom is 0.341 e. The lowest BCUT2D eigenvalue weighted by Gasteiger charge is -2.08. The molecule has 0 unspecified atom stereocenters. The molecule has 110 valence electrons. The molecule has 0 radical (unpaired) electrons. The van der Waals surface area contributed by atoms with Crippen molar-refractivity contribution in [2.24, 2.45) is 0 Å². The van der Waals surface area contributed by atoms with Crippen molar-refractivity contribution in [3.05, 3.63) is 46.8 Å². The zero-order valence-electron chi connectivity index (χ0n) is 11.7. The Kier molecular flexibility index (Phi) is 5.41. The number of benzene rings is 1. The van der Waals surface area contributed by atoms with Crippen LogP contribution in [0, 0.1) is 0 Å². The predicted molar refractivity (Wildman–Crippen MR) is 86.5 cm³/mol. The summed E-state index contributed by atoms with van der Waals surface area (Å²) < 4.78 is 4.97. The molecule has 6 heteroatoms. The second kappa shape index (κ2) is 7.28. The molecule has 0 spiro atoms. The van der Waals surface area contributed by atoms with Crippen molar-refractivity contribution >= 4 is 40.0 Å². The van der Waals surface area contributed by atoms with Crippen LogP contribution in [0.2, 0.25) is 0 Å². The van der Waals surface area contributed by atoms with Crippen LogP contribution in [0.4, 0.5) is 5.00 Å². The molecule has 4 nitrogen and oxygen atoms in total. The number of esters is 1. The number of ether oxygens (including phenoxy) is 1. The van der Waals surface area contributed by atoms with Gasteiger partial charge in [0, 0.05) is 4.90 Å². The minimum Gasteiger partial charge on any atom is -0.462 e. The van der Waals surface area contributed by atoms with Gasteiger partial charge in [-0.1, -0.05) is 12.1 Å². The Hall–Kier alpha value is -1.79. The SMILES string of the molecule is CCOC(=O)c1ccsc1NC(=O)c1ccccc1SC. The van der Waals surface area contributed by atoms with E-state index in [2.05, 4.69) is 5.32 Å². The highest BCUT2D eigenvalue weighted by Crippen LogP contribution is 2.26. The average molecular weight is 321 g/mol. The van der Waals surface area contributed by atoms with Crippen molar-refractivity contribution in [2.75, 3.05) is 18.2 Å². The lowest BCUT2D eigenvalue weighted by atomic mass is 10.2. The number of amides is 1. The number of hydrogen-bond acceptors (Lipinski definition) is 5. The van der Waals surface area contributed by atoms with Gasteiger partial charge >= 0.3 is 5.97 Å². The van der Waals surface area contributed by atoms with Crippen molar-refractivity contribution in [1.29, 1.82) is 0 Å². The summed E-state index contributed by atoms with van der Waals surface area (Å²) >= 11 is 2.81. The van der Waals surface area contributed by atoms with Gasteiger partial charge in [-0.3, -0.25) is 4.79 Å². The highest BCUT2D eigenvalue weighted by Gasteiger charge is 2.17. The number of carbonyl (C=O) groups excluding carboxylic acids is 2. The van der Waals surface area contributed by atoms with Gasteiger partial charge in [-0.25, -0.2) is 4.79 Å². The van der Waals surface area contributed by atoms with Gasteiger partial charge in [0.05, 0.1) is 17.7 Å². The molecule has 1 aromatic carbocycles. The summed E-state index contributed by atoms with van der Waals surface area (Å²) in [7, 11) is 0. The third-order valence-corrected chi connectivity index (χ3v) is 4.36. The fourth-order valence-corrected chi connectivity index (χ4v) is 3.14. The molecule has 0 saturated heterocycles. The number of carbonyl (C=O) groups is 2. The van der Waals surface area contributed by atoms with E-state index in [4.69, 9.17) is 4.74 Å². The van der Waals surface area contributed by atoms with Crippen molar-refractivity contribution < 1.29 is 14.3 Å². The fourth-order valence-electron chi connectivity index (χ4n) is 1.78. The number of thiophene rings is 1. The van der Waals surface area contributed by atoms with Crippen LogP contribution in [0.25, 0.3) is 0 Å². The molecule has 1 aromatic heterocycles. The number of anilines is 1. The molecule has 0 bridgehead atoms. The smallest absolute Gasteiger partial charge is 0.341 e. The molecule has 2 aromatic rings. The van der Waals surface area contributed by atoms with Gasteiger partial charge in [0.1, 0.15) is 5.00 Å². The van der Waals surface area contributed by atoms with Gasteiger partial charge in [-0.2, -0.15) is 0 Å². The maximum absolute atomic E-state index is 12.4. The van der Waals surface area contributed by atoms with E-state index in [0.717, 1.165) is 4.90 Å². The Bertz CT molecular complexity index is 652. The predicted octanol–water partition coefficient (Wildman–Crippen LogP) is 3.90. The normalized spacial score (nSPS) is 10.2. The van der Waals surface area contributed by atoms with E-state index in [-0.39, 0.29) is 5.91 Å². The molecule has 1 amide bonds. The first-order chi connectivity index (χ1) is 10.2. The molecule has 21 heavy (non-hydrogen) atoms. The van der Waals surface area contributed by atoms with E-state index >= 15 is 0 Å². The van der Waals surface area contributed by atoms with Crippen molar-refractivity contribution in [3.8, 4) is 0 Å². The molecule has 0 atom stereocenters. The first-order valence-electron chi connectivity index (χ1n) is 6.36. The second-order valence-corrected chi connectivity index (χ2v) is 5.80. The highest BCUT2D eigenvalue weighted by molar-refractivity contribution is 7.98. The van der Waals surface area contributed by atoms with Crippen molar-refractivity contribution in [2.45, 2.75) is 11.8 Å². The molecule has 0 aliphatic rings. The molecule has 0 fully saturated rings. The van der Waals surface area contributed by atoms with Crippen LogP contribution in [0.5, 0.6) is 0 Å². The van der Waals surface area contributed by atoms with E-state index in [1.54, 1.807) is 24.4 Å². The average Bonchev–Trinajstić information content (AvgIpc) is 2.95. The van der Waals surface area contributed by atoms with Crippen LogP contribution in [0.15, 0.2) is 40.6 Å². The topological polar surface area (TPSA) is 55.4 Å². The van der Waals surface area contributed by atoms with Crippen LogP contribution >= 0.6 is 23.1 Å². The minimum absolute atomic E-state index is 0.229. The Morgan fingerprint density at radius 2 is 2.00 bits per heavy atom. The van der Waals surface area contributed by atoms with Gasteiger partial charge in [0.15, 0.2) is 0 Å². The third-order valence-electron chi connectivity index (χ3n) is 2.74. The fraction of sp³-hybridized carbons (Fsp3) is 0.200. The van der Waals surface area contributed by atoms with Crippen molar-refractivity contribution in [1.82, 2.24) is 0 Å². The molecule has 1 heterocycles. The Balaban J connectivity index is 2.21. The molecule has 0 aliphatic carbocycles. The summed E-state index contributed by atoms with van der Waals surface area (Å²) in [6.45, 7) is 2.05. The number of thioether (sulfide) groups is 1. The Morgan fingerprint density at radius 1 is 1.24 bits per heavy atom. The Morgan fingerprint density at radius 3 is 2.71 bits per heavy atom. The summed E-state index contributed by atoms with van der Waals surface area (Å²) in [5.41, 5.74) is 0.977.